The first kappa shape index (κ1) is 18.0. The van der Waals surface area contributed by atoms with Crippen LogP contribution in [0, 0.1) is 16.7 Å². The first-order chi connectivity index (χ1) is 9.65. The zero-order chi connectivity index (χ0) is 16.1. The van der Waals surface area contributed by atoms with E-state index in [4.69, 9.17) is 5.11 Å². The maximum absolute atomic E-state index is 12.3. The molecule has 2 N–H and O–H groups in total. The summed E-state index contributed by atoms with van der Waals surface area (Å²) in [7, 11) is 0. The summed E-state index contributed by atoms with van der Waals surface area (Å²) in [6.45, 7) is 9.12. The van der Waals surface area contributed by atoms with Gasteiger partial charge in [-0.05, 0) is 37.0 Å². The van der Waals surface area contributed by atoms with Crippen LogP contribution in [-0.4, -0.2) is 23.5 Å². The predicted molar refractivity (Wildman–Crippen MR) is 84.0 cm³/mol. The number of carboxylic acids is 1. The fourth-order valence-electron chi connectivity index (χ4n) is 3.26. The molecule has 1 fully saturated rings. The van der Waals surface area contributed by atoms with Crippen LogP contribution in [0.1, 0.15) is 72.6 Å². The third-order valence-electron chi connectivity index (χ3n) is 4.97. The van der Waals surface area contributed by atoms with Gasteiger partial charge in [0, 0.05) is 18.4 Å². The standard InChI is InChI=1S/C17H31NO3/c1-16(2,3)13(7-8-14(19)20)9-12-18-15(21)17(4)10-5-6-11-17/h13H,5-12H2,1-4H3,(H,18,21)(H,19,20). The Morgan fingerprint density at radius 1 is 1.19 bits per heavy atom. The minimum absolute atomic E-state index is 0.0669. The van der Waals surface area contributed by atoms with Crippen molar-refractivity contribution in [3.8, 4) is 0 Å². The van der Waals surface area contributed by atoms with Gasteiger partial charge >= 0.3 is 5.97 Å². The van der Waals surface area contributed by atoms with E-state index >= 15 is 0 Å². The molecule has 0 aliphatic heterocycles. The second-order valence-corrected chi connectivity index (χ2v) is 7.81. The second-order valence-electron chi connectivity index (χ2n) is 7.81. The van der Waals surface area contributed by atoms with Crippen LogP contribution < -0.4 is 5.32 Å². The molecule has 1 saturated carbocycles. The van der Waals surface area contributed by atoms with Crippen LogP contribution in [0.2, 0.25) is 0 Å². The summed E-state index contributed by atoms with van der Waals surface area (Å²) in [6.07, 6.45) is 5.99. The predicted octanol–water partition coefficient (Wildman–Crippen LogP) is 3.60. The van der Waals surface area contributed by atoms with E-state index in [9.17, 15) is 9.59 Å². The van der Waals surface area contributed by atoms with Gasteiger partial charge in [-0.25, -0.2) is 0 Å². The summed E-state index contributed by atoms with van der Waals surface area (Å²) in [5, 5.41) is 11.9. The van der Waals surface area contributed by atoms with Crippen molar-refractivity contribution in [1.82, 2.24) is 5.32 Å². The molecule has 0 aromatic carbocycles. The van der Waals surface area contributed by atoms with Gasteiger partial charge in [0.2, 0.25) is 5.91 Å². The Morgan fingerprint density at radius 3 is 2.24 bits per heavy atom. The fraction of sp³-hybridized carbons (Fsp3) is 0.882. The van der Waals surface area contributed by atoms with Gasteiger partial charge in [0.1, 0.15) is 0 Å². The lowest BCUT2D eigenvalue weighted by Gasteiger charge is -2.31. The van der Waals surface area contributed by atoms with Crippen LogP contribution in [0.15, 0.2) is 0 Å². The summed E-state index contributed by atoms with van der Waals surface area (Å²) >= 11 is 0. The number of aliphatic carboxylic acids is 1. The smallest absolute Gasteiger partial charge is 0.303 e. The van der Waals surface area contributed by atoms with Crippen molar-refractivity contribution >= 4 is 11.9 Å². The highest BCUT2D eigenvalue weighted by atomic mass is 16.4. The van der Waals surface area contributed by atoms with E-state index in [-0.39, 0.29) is 23.2 Å². The molecule has 1 atom stereocenters. The maximum Gasteiger partial charge on any atom is 0.303 e. The molecule has 1 amide bonds. The van der Waals surface area contributed by atoms with Gasteiger partial charge in [0.25, 0.3) is 0 Å². The zero-order valence-electron chi connectivity index (χ0n) is 14.0. The SMILES string of the molecule is CC1(C(=O)NCCC(CCC(=O)O)C(C)(C)C)CCCC1. The summed E-state index contributed by atoms with van der Waals surface area (Å²) in [5.41, 5.74) is -0.115. The molecule has 21 heavy (non-hydrogen) atoms. The summed E-state index contributed by atoms with van der Waals surface area (Å²) < 4.78 is 0. The first-order valence-electron chi connectivity index (χ1n) is 8.15. The number of amides is 1. The minimum Gasteiger partial charge on any atom is -0.481 e. The van der Waals surface area contributed by atoms with E-state index in [0.717, 1.165) is 32.1 Å². The first-order valence-corrected chi connectivity index (χ1v) is 8.15. The van der Waals surface area contributed by atoms with Crippen LogP contribution >= 0.6 is 0 Å². The van der Waals surface area contributed by atoms with Crippen LogP contribution in [0.25, 0.3) is 0 Å². The van der Waals surface area contributed by atoms with Crippen LogP contribution in [0.4, 0.5) is 0 Å². The average Bonchev–Trinajstić information content (AvgIpc) is 2.79. The largest absolute Gasteiger partial charge is 0.481 e. The Balaban J connectivity index is 2.42. The highest BCUT2D eigenvalue weighted by molar-refractivity contribution is 5.82. The molecule has 1 rings (SSSR count). The van der Waals surface area contributed by atoms with Gasteiger partial charge < -0.3 is 10.4 Å². The van der Waals surface area contributed by atoms with Crippen molar-refractivity contribution in [2.45, 2.75) is 72.6 Å². The fourth-order valence-corrected chi connectivity index (χ4v) is 3.26. The van der Waals surface area contributed by atoms with E-state index in [1.807, 2.05) is 0 Å². The Kier molecular flexibility index (Phi) is 6.24. The summed E-state index contributed by atoms with van der Waals surface area (Å²) in [4.78, 5) is 23.0. The third-order valence-corrected chi connectivity index (χ3v) is 4.97. The molecule has 0 radical (unpaired) electrons. The lowest BCUT2D eigenvalue weighted by atomic mass is 9.76. The monoisotopic (exact) mass is 297 g/mol. The van der Waals surface area contributed by atoms with Crippen molar-refractivity contribution in [3.63, 3.8) is 0 Å². The van der Waals surface area contributed by atoms with E-state index in [2.05, 4.69) is 33.0 Å². The van der Waals surface area contributed by atoms with Crippen LogP contribution in [0.3, 0.4) is 0 Å². The van der Waals surface area contributed by atoms with Gasteiger partial charge in [-0.1, -0.05) is 40.5 Å². The molecule has 0 heterocycles. The number of carbonyl (C=O) groups excluding carboxylic acids is 1. The number of nitrogens with one attached hydrogen (secondary N) is 1. The molecule has 1 aliphatic rings. The molecule has 1 unspecified atom stereocenters. The summed E-state index contributed by atoms with van der Waals surface area (Å²) in [5.74, 6) is -0.261. The molecule has 0 aromatic heterocycles. The highest BCUT2D eigenvalue weighted by Gasteiger charge is 2.36. The van der Waals surface area contributed by atoms with Crippen molar-refractivity contribution in [1.29, 1.82) is 0 Å². The zero-order valence-corrected chi connectivity index (χ0v) is 14.0. The van der Waals surface area contributed by atoms with Gasteiger partial charge in [0.05, 0.1) is 0 Å². The Bertz CT molecular complexity index is 365. The number of carboxylic acid groups (broad SMARTS) is 1. The Hall–Kier alpha value is -1.06. The van der Waals surface area contributed by atoms with Crippen LogP contribution in [0.5, 0.6) is 0 Å². The third kappa shape index (κ3) is 5.68. The molecular formula is C17H31NO3. The van der Waals surface area contributed by atoms with E-state index in [1.54, 1.807) is 0 Å². The molecule has 122 valence electrons. The van der Waals surface area contributed by atoms with Crippen molar-refractivity contribution in [2.24, 2.45) is 16.7 Å². The number of hydrogen-bond acceptors (Lipinski definition) is 2. The lowest BCUT2D eigenvalue weighted by Crippen LogP contribution is -2.38. The van der Waals surface area contributed by atoms with Crippen LogP contribution in [-0.2, 0) is 9.59 Å². The quantitative estimate of drug-likeness (QED) is 0.754. The van der Waals surface area contributed by atoms with Gasteiger partial charge in [-0.15, -0.1) is 0 Å². The van der Waals surface area contributed by atoms with Crippen molar-refractivity contribution in [2.75, 3.05) is 6.54 Å². The maximum atomic E-state index is 12.3. The Morgan fingerprint density at radius 2 is 1.76 bits per heavy atom. The van der Waals surface area contributed by atoms with E-state index < -0.39 is 5.97 Å². The molecule has 4 nitrogen and oxygen atoms in total. The molecule has 1 aliphatic carbocycles. The normalized spacial score (nSPS) is 19.2. The average molecular weight is 297 g/mol. The number of carbonyl (C=O) groups is 2. The number of rotatable bonds is 7. The molecule has 0 bridgehead atoms. The molecule has 4 heteroatoms. The number of hydrogen-bond donors (Lipinski definition) is 2. The highest BCUT2D eigenvalue weighted by Crippen LogP contribution is 2.37. The van der Waals surface area contributed by atoms with Crippen molar-refractivity contribution < 1.29 is 14.7 Å². The molecule has 0 aromatic rings. The minimum atomic E-state index is -0.744. The second kappa shape index (κ2) is 7.28. The van der Waals surface area contributed by atoms with Gasteiger partial charge in [0.15, 0.2) is 0 Å². The van der Waals surface area contributed by atoms with Gasteiger partial charge in [-0.3, -0.25) is 9.59 Å². The Labute approximate surface area is 128 Å². The van der Waals surface area contributed by atoms with Crippen molar-refractivity contribution in [3.05, 3.63) is 0 Å². The van der Waals surface area contributed by atoms with Gasteiger partial charge in [-0.2, -0.15) is 0 Å². The van der Waals surface area contributed by atoms with E-state index in [0.29, 0.717) is 18.9 Å². The van der Waals surface area contributed by atoms with E-state index in [1.165, 1.54) is 0 Å². The molecular weight excluding hydrogens is 266 g/mol. The topological polar surface area (TPSA) is 66.4 Å². The molecule has 0 saturated heterocycles. The lowest BCUT2D eigenvalue weighted by molar-refractivity contribution is -0.137. The summed E-state index contributed by atoms with van der Waals surface area (Å²) in [6, 6.07) is 0. The molecule has 0 spiro atoms.